The maximum Gasteiger partial charge on any atom is 0.278 e. The number of aryl methyl sites for hydroxylation is 4. The maximum absolute atomic E-state index is 13.5. The molecule has 1 unspecified atom stereocenters. The number of nitrogens with zero attached hydrogens (tertiary/aromatic N) is 4. The van der Waals surface area contributed by atoms with Gasteiger partial charge in [-0.05, 0) is 57.4 Å². The fraction of sp³-hybridized carbons (Fsp3) is 0.280. The van der Waals surface area contributed by atoms with Crippen LogP contribution in [0.1, 0.15) is 41.9 Å². The highest BCUT2D eigenvalue weighted by Gasteiger charge is 2.26. The Hall–Kier alpha value is -3.74. The Labute approximate surface area is 186 Å². The molecule has 2 aromatic heterocycles. The number of amides is 1. The van der Waals surface area contributed by atoms with Crippen molar-refractivity contribution in [3.05, 3.63) is 81.4 Å². The van der Waals surface area contributed by atoms with Gasteiger partial charge >= 0.3 is 0 Å². The molecule has 0 spiro atoms. The van der Waals surface area contributed by atoms with Crippen LogP contribution >= 0.6 is 0 Å². The molecule has 0 radical (unpaired) electrons. The molecule has 4 aromatic rings. The summed E-state index contributed by atoms with van der Waals surface area (Å²) in [4.78, 5) is 26.7. The van der Waals surface area contributed by atoms with Crippen LogP contribution < -0.4 is 10.9 Å². The second-order valence-electron chi connectivity index (χ2n) is 8.07. The van der Waals surface area contributed by atoms with Crippen molar-refractivity contribution in [3.8, 4) is 5.69 Å². The number of fused-ring (bicyclic) bond motifs is 1. The SMILES string of the molecule is CCC(C(=O)Nc1c(C)cccc1C)n1nc(C)c2nn(-c3ccccc3)c(C)c2c1=O. The molecule has 0 fully saturated rings. The van der Waals surface area contributed by atoms with E-state index in [1.54, 1.807) is 4.68 Å². The van der Waals surface area contributed by atoms with Gasteiger partial charge in [-0.2, -0.15) is 10.2 Å². The Morgan fingerprint density at radius 2 is 1.62 bits per heavy atom. The van der Waals surface area contributed by atoms with E-state index in [1.165, 1.54) is 4.68 Å². The van der Waals surface area contributed by atoms with Crippen molar-refractivity contribution in [2.45, 2.75) is 47.1 Å². The summed E-state index contributed by atoms with van der Waals surface area (Å²) >= 11 is 0. The molecule has 1 amide bonds. The summed E-state index contributed by atoms with van der Waals surface area (Å²) in [6.45, 7) is 9.46. The molecular formula is C25H27N5O2. The Morgan fingerprint density at radius 1 is 0.969 bits per heavy atom. The van der Waals surface area contributed by atoms with Crippen LogP contribution in [0.4, 0.5) is 5.69 Å². The van der Waals surface area contributed by atoms with E-state index < -0.39 is 6.04 Å². The molecule has 7 heteroatoms. The van der Waals surface area contributed by atoms with Gasteiger partial charge in [0.25, 0.3) is 5.56 Å². The topological polar surface area (TPSA) is 81.8 Å². The first-order valence-corrected chi connectivity index (χ1v) is 10.7. The highest BCUT2D eigenvalue weighted by Crippen LogP contribution is 2.24. The van der Waals surface area contributed by atoms with E-state index in [0.29, 0.717) is 23.0 Å². The summed E-state index contributed by atoms with van der Waals surface area (Å²) in [5.41, 5.74) is 5.16. The minimum atomic E-state index is -0.732. The van der Waals surface area contributed by atoms with E-state index in [2.05, 4.69) is 15.5 Å². The van der Waals surface area contributed by atoms with Crippen LogP contribution in [0, 0.1) is 27.7 Å². The number of aromatic nitrogens is 4. The van der Waals surface area contributed by atoms with Gasteiger partial charge in [-0.25, -0.2) is 9.36 Å². The fourth-order valence-electron chi connectivity index (χ4n) is 4.10. The van der Waals surface area contributed by atoms with Crippen molar-refractivity contribution in [2.24, 2.45) is 0 Å². The molecule has 164 valence electrons. The molecular weight excluding hydrogens is 402 g/mol. The van der Waals surface area contributed by atoms with Crippen LogP contribution in [0.15, 0.2) is 53.3 Å². The number of hydrogen-bond donors (Lipinski definition) is 1. The second kappa shape index (κ2) is 8.42. The van der Waals surface area contributed by atoms with Gasteiger partial charge in [0.1, 0.15) is 11.6 Å². The highest BCUT2D eigenvalue weighted by atomic mass is 16.2. The lowest BCUT2D eigenvalue weighted by Gasteiger charge is -2.19. The first kappa shape index (κ1) is 21.5. The maximum atomic E-state index is 13.5. The van der Waals surface area contributed by atoms with Crippen LogP contribution in [0.25, 0.3) is 16.6 Å². The first-order valence-electron chi connectivity index (χ1n) is 10.7. The number of anilines is 1. The minimum absolute atomic E-state index is 0.258. The lowest BCUT2D eigenvalue weighted by Crippen LogP contribution is -2.35. The standard InChI is InChI=1S/C25H27N5O2/c1-6-20(24(31)26-22-15(2)11-10-12-16(22)3)30-25(32)21-18(5)29(19-13-8-7-9-14-19)28-23(21)17(4)27-30/h7-14,20H,6H2,1-5H3,(H,26,31). The number of nitrogens with one attached hydrogen (secondary N) is 1. The first-order chi connectivity index (χ1) is 15.3. The van der Waals surface area contributed by atoms with Gasteiger partial charge in [0.05, 0.1) is 22.5 Å². The summed E-state index contributed by atoms with van der Waals surface area (Å²) in [5, 5.41) is 12.6. The molecule has 0 saturated heterocycles. The monoisotopic (exact) mass is 429 g/mol. The Kier molecular flexibility index (Phi) is 5.65. The number of carbonyl (C=O) groups excluding carboxylic acids is 1. The van der Waals surface area contributed by atoms with Gasteiger partial charge in [0.2, 0.25) is 5.91 Å². The van der Waals surface area contributed by atoms with Crippen molar-refractivity contribution in [1.82, 2.24) is 19.6 Å². The molecule has 0 saturated carbocycles. The van der Waals surface area contributed by atoms with Crippen molar-refractivity contribution in [3.63, 3.8) is 0 Å². The van der Waals surface area contributed by atoms with Gasteiger partial charge in [-0.15, -0.1) is 0 Å². The van der Waals surface area contributed by atoms with E-state index in [1.807, 2.05) is 83.1 Å². The predicted octanol–water partition coefficient (Wildman–Crippen LogP) is 4.41. The number of carbonyl (C=O) groups is 1. The van der Waals surface area contributed by atoms with E-state index in [9.17, 15) is 9.59 Å². The Bertz CT molecular complexity index is 1350. The van der Waals surface area contributed by atoms with Gasteiger partial charge in [-0.3, -0.25) is 9.59 Å². The fourth-order valence-corrected chi connectivity index (χ4v) is 4.10. The summed E-state index contributed by atoms with van der Waals surface area (Å²) in [5.74, 6) is -0.258. The Balaban J connectivity index is 1.81. The quantitative estimate of drug-likeness (QED) is 0.510. The molecule has 0 aliphatic heterocycles. The Morgan fingerprint density at radius 3 is 2.25 bits per heavy atom. The molecule has 0 aliphatic rings. The molecule has 1 atom stereocenters. The van der Waals surface area contributed by atoms with Gasteiger partial charge < -0.3 is 5.32 Å². The average molecular weight is 430 g/mol. The van der Waals surface area contributed by atoms with Crippen LogP contribution in [0.2, 0.25) is 0 Å². The minimum Gasteiger partial charge on any atom is -0.324 e. The third-order valence-corrected chi connectivity index (χ3v) is 5.85. The second-order valence-corrected chi connectivity index (χ2v) is 8.07. The summed E-state index contributed by atoms with van der Waals surface area (Å²) in [6.07, 6.45) is 0.431. The molecule has 0 bridgehead atoms. The smallest absolute Gasteiger partial charge is 0.278 e. The van der Waals surface area contributed by atoms with E-state index in [-0.39, 0.29) is 11.5 Å². The van der Waals surface area contributed by atoms with Crippen molar-refractivity contribution in [1.29, 1.82) is 0 Å². The third-order valence-electron chi connectivity index (χ3n) is 5.85. The van der Waals surface area contributed by atoms with E-state index >= 15 is 0 Å². The number of benzene rings is 2. The average Bonchev–Trinajstić information content (AvgIpc) is 3.13. The molecule has 2 heterocycles. The highest BCUT2D eigenvalue weighted by molar-refractivity contribution is 5.95. The van der Waals surface area contributed by atoms with E-state index in [0.717, 1.165) is 28.2 Å². The number of rotatable bonds is 5. The molecule has 0 aliphatic carbocycles. The summed E-state index contributed by atoms with van der Waals surface area (Å²) < 4.78 is 3.06. The van der Waals surface area contributed by atoms with Crippen molar-refractivity contribution in [2.75, 3.05) is 5.32 Å². The molecule has 1 N–H and O–H groups in total. The molecule has 7 nitrogen and oxygen atoms in total. The van der Waals surface area contributed by atoms with Crippen LogP contribution in [-0.2, 0) is 4.79 Å². The molecule has 32 heavy (non-hydrogen) atoms. The van der Waals surface area contributed by atoms with Crippen molar-refractivity contribution >= 4 is 22.5 Å². The summed E-state index contributed by atoms with van der Waals surface area (Å²) in [6, 6.07) is 14.8. The van der Waals surface area contributed by atoms with Gasteiger partial charge in [0.15, 0.2) is 0 Å². The lowest BCUT2D eigenvalue weighted by atomic mass is 10.1. The van der Waals surface area contributed by atoms with Crippen LogP contribution in [0.3, 0.4) is 0 Å². The largest absolute Gasteiger partial charge is 0.324 e. The molecule has 2 aromatic carbocycles. The summed E-state index contributed by atoms with van der Waals surface area (Å²) in [7, 11) is 0. The zero-order valence-corrected chi connectivity index (χ0v) is 19.0. The van der Waals surface area contributed by atoms with E-state index in [4.69, 9.17) is 0 Å². The van der Waals surface area contributed by atoms with Crippen LogP contribution in [-0.4, -0.2) is 25.5 Å². The van der Waals surface area contributed by atoms with Gasteiger partial charge in [-0.1, -0.05) is 43.3 Å². The zero-order chi connectivity index (χ0) is 23.0. The number of hydrogen-bond acceptors (Lipinski definition) is 4. The number of para-hydroxylation sites is 2. The van der Waals surface area contributed by atoms with Crippen LogP contribution in [0.5, 0.6) is 0 Å². The zero-order valence-electron chi connectivity index (χ0n) is 19.0. The predicted molar refractivity (Wildman–Crippen MR) is 126 cm³/mol. The lowest BCUT2D eigenvalue weighted by molar-refractivity contribution is -0.119. The molecule has 4 rings (SSSR count). The van der Waals surface area contributed by atoms with Gasteiger partial charge in [0, 0.05) is 5.69 Å². The third kappa shape index (κ3) is 3.60. The normalized spacial score (nSPS) is 12.2. The van der Waals surface area contributed by atoms with Crippen molar-refractivity contribution < 1.29 is 4.79 Å².